The van der Waals surface area contributed by atoms with E-state index >= 15 is 0 Å². The summed E-state index contributed by atoms with van der Waals surface area (Å²) in [5, 5.41) is 15.4. The summed E-state index contributed by atoms with van der Waals surface area (Å²) in [6, 6.07) is 13.4. The molecule has 0 aliphatic carbocycles. The minimum atomic E-state index is -0.914. The van der Waals surface area contributed by atoms with Crippen molar-refractivity contribution in [1.82, 2.24) is 9.78 Å². The monoisotopic (exact) mass is 328 g/mol. The van der Waals surface area contributed by atoms with Gasteiger partial charge in [-0.3, -0.25) is 4.79 Å². The van der Waals surface area contributed by atoms with E-state index in [0.717, 1.165) is 5.39 Å². The molecule has 0 aliphatic heterocycles. The molecule has 0 spiro atoms. The summed E-state index contributed by atoms with van der Waals surface area (Å²) in [6.07, 6.45) is 0.673. The molecule has 0 radical (unpaired) electrons. The van der Waals surface area contributed by atoms with Gasteiger partial charge in [0.25, 0.3) is 5.56 Å². The van der Waals surface area contributed by atoms with Crippen LogP contribution in [0.4, 0.5) is 4.39 Å². The van der Waals surface area contributed by atoms with Crippen LogP contribution in [0.1, 0.15) is 5.56 Å². The maximum atomic E-state index is 13.5. The van der Waals surface area contributed by atoms with Gasteiger partial charge in [0.05, 0.1) is 37.4 Å². The van der Waals surface area contributed by atoms with Crippen LogP contribution in [0.15, 0.2) is 59.5 Å². The molecule has 2 aromatic carbocycles. The summed E-state index contributed by atoms with van der Waals surface area (Å²) in [4.78, 5) is 12.3. The highest BCUT2D eigenvalue weighted by Crippen LogP contribution is 2.09. The fraction of sp³-hybridized carbons (Fsp3) is 0.222. The minimum absolute atomic E-state index is 0.0148. The van der Waals surface area contributed by atoms with Gasteiger partial charge in [0.2, 0.25) is 0 Å². The predicted octanol–water partition coefficient (Wildman–Crippen LogP) is 2.11. The second kappa shape index (κ2) is 7.33. The second-order valence-corrected chi connectivity index (χ2v) is 5.48. The molecule has 0 aliphatic rings. The Morgan fingerprint density at radius 1 is 1.17 bits per heavy atom. The lowest BCUT2D eigenvalue weighted by atomic mass is 10.2. The van der Waals surface area contributed by atoms with Gasteiger partial charge in [-0.05, 0) is 12.1 Å². The number of nitrogens with zero attached hydrogens (tertiary/aromatic N) is 2. The first-order valence-corrected chi connectivity index (χ1v) is 7.59. The van der Waals surface area contributed by atoms with Crippen molar-refractivity contribution in [2.45, 2.75) is 19.3 Å². The highest BCUT2D eigenvalue weighted by Gasteiger charge is 2.10. The van der Waals surface area contributed by atoms with Crippen molar-refractivity contribution in [1.29, 1.82) is 0 Å². The standard InChI is InChI=1S/C18H17FN2O3/c19-17-8-4-2-6-14(17)11-24-12-15(22)10-21-18(23)16-7-3-1-5-13(16)9-20-21/h1-9,15,22H,10-12H2/t15-/m1/s1. The van der Waals surface area contributed by atoms with Crippen molar-refractivity contribution >= 4 is 10.8 Å². The maximum Gasteiger partial charge on any atom is 0.274 e. The van der Waals surface area contributed by atoms with Crippen molar-refractivity contribution in [3.8, 4) is 0 Å². The van der Waals surface area contributed by atoms with Crippen LogP contribution in [0.5, 0.6) is 0 Å². The molecule has 1 N–H and O–H groups in total. The normalized spacial score (nSPS) is 12.4. The zero-order valence-electron chi connectivity index (χ0n) is 12.9. The lowest BCUT2D eigenvalue weighted by Crippen LogP contribution is -2.31. The fourth-order valence-corrected chi connectivity index (χ4v) is 2.43. The largest absolute Gasteiger partial charge is 0.389 e. The SMILES string of the molecule is O=c1c2ccccc2cnn1C[C@@H](O)COCc1ccccc1F. The van der Waals surface area contributed by atoms with Crippen LogP contribution >= 0.6 is 0 Å². The number of aliphatic hydroxyl groups is 1. The zero-order chi connectivity index (χ0) is 16.9. The van der Waals surface area contributed by atoms with E-state index in [1.165, 1.54) is 10.7 Å². The van der Waals surface area contributed by atoms with Crippen molar-refractivity contribution in [3.63, 3.8) is 0 Å². The third-order valence-electron chi connectivity index (χ3n) is 3.67. The zero-order valence-corrected chi connectivity index (χ0v) is 12.9. The summed E-state index contributed by atoms with van der Waals surface area (Å²) >= 11 is 0. The highest BCUT2D eigenvalue weighted by molar-refractivity contribution is 5.80. The van der Waals surface area contributed by atoms with Gasteiger partial charge < -0.3 is 9.84 Å². The smallest absolute Gasteiger partial charge is 0.274 e. The number of aromatic nitrogens is 2. The van der Waals surface area contributed by atoms with Gasteiger partial charge in [-0.15, -0.1) is 0 Å². The Morgan fingerprint density at radius 2 is 1.92 bits per heavy atom. The maximum absolute atomic E-state index is 13.5. The van der Waals surface area contributed by atoms with Gasteiger partial charge in [0, 0.05) is 10.9 Å². The van der Waals surface area contributed by atoms with Gasteiger partial charge in [0.1, 0.15) is 5.82 Å². The molecule has 1 aromatic heterocycles. The van der Waals surface area contributed by atoms with Crippen molar-refractivity contribution in [2.24, 2.45) is 0 Å². The van der Waals surface area contributed by atoms with Gasteiger partial charge in [-0.1, -0.05) is 36.4 Å². The van der Waals surface area contributed by atoms with Crippen LogP contribution < -0.4 is 5.56 Å². The molecule has 0 fully saturated rings. The molecule has 24 heavy (non-hydrogen) atoms. The number of hydrogen-bond acceptors (Lipinski definition) is 4. The van der Waals surface area contributed by atoms with E-state index in [9.17, 15) is 14.3 Å². The van der Waals surface area contributed by atoms with Crippen LogP contribution in [0.2, 0.25) is 0 Å². The Balaban J connectivity index is 1.61. The molecule has 124 valence electrons. The predicted molar refractivity (Wildman–Crippen MR) is 88.1 cm³/mol. The molecule has 0 saturated carbocycles. The Bertz CT molecular complexity index is 895. The van der Waals surface area contributed by atoms with E-state index in [1.807, 2.05) is 12.1 Å². The Hall–Kier alpha value is -2.57. The van der Waals surface area contributed by atoms with Gasteiger partial charge in [-0.25, -0.2) is 9.07 Å². The van der Waals surface area contributed by atoms with Crippen LogP contribution in [-0.4, -0.2) is 27.6 Å². The number of rotatable bonds is 6. The van der Waals surface area contributed by atoms with E-state index in [0.29, 0.717) is 10.9 Å². The number of hydrogen-bond donors (Lipinski definition) is 1. The van der Waals surface area contributed by atoms with E-state index in [-0.39, 0.29) is 31.1 Å². The molecule has 1 heterocycles. The van der Waals surface area contributed by atoms with Crippen LogP contribution in [-0.2, 0) is 17.9 Å². The van der Waals surface area contributed by atoms with E-state index in [1.54, 1.807) is 36.5 Å². The topological polar surface area (TPSA) is 64.4 Å². The van der Waals surface area contributed by atoms with Crippen molar-refractivity contribution < 1.29 is 14.2 Å². The van der Waals surface area contributed by atoms with E-state index < -0.39 is 6.10 Å². The third kappa shape index (κ3) is 3.67. The van der Waals surface area contributed by atoms with E-state index in [4.69, 9.17) is 4.74 Å². The molecule has 0 amide bonds. The van der Waals surface area contributed by atoms with Crippen LogP contribution in [0, 0.1) is 5.82 Å². The van der Waals surface area contributed by atoms with Gasteiger partial charge in [-0.2, -0.15) is 5.10 Å². The number of aliphatic hydroxyl groups excluding tert-OH is 1. The summed E-state index contributed by atoms with van der Waals surface area (Å²) in [5.74, 6) is -0.348. The molecule has 0 saturated heterocycles. The summed E-state index contributed by atoms with van der Waals surface area (Å²) in [7, 11) is 0. The molecule has 1 atom stereocenters. The summed E-state index contributed by atoms with van der Waals surface area (Å²) in [5.41, 5.74) is 0.159. The first-order chi connectivity index (χ1) is 11.6. The average molecular weight is 328 g/mol. The first-order valence-electron chi connectivity index (χ1n) is 7.59. The molecule has 3 aromatic rings. The summed E-state index contributed by atoms with van der Waals surface area (Å²) in [6.45, 7) is 0.0556. The van der Waals surface area contributed by atoms with Crippen LogP contribution in [0.3, 0.4) is 0 Å². The lowest BCUT2D eigenvalue weighted by molar-refractivity contribution is 0.0172. The number of ether oxygens (including phenoxy) is 1. The third-order valence-corrected chi connectivity index (χ3v) is 3.67. The van der Waals surface area contributed by atoms with Crippen molar-refractivity contribution in [2.75, 3.05) is 6.61 Å². The molecular weight excluding hydrogens is 311 g/mol. The van der Waals surface area contributed by atoms with Crippen LogP contribution in [0.25, 0.3) is 10.8 Å². The quantitative estimate of drug-likeness (QED) is 0.753. The van der Waals surface area contributed by atoms with Gasteiger partial charge in [0.15, 0.2) is 0 Å². The molecule has 0 bridgehead atoms. The van der Waals surface area contributed by atoms with Gasteiger partial charge >= 0.3 is 0 Å². The molecule has 6 heteroatoms. The number of fused-ring (bicyclic) bond motifs is 1. The molecule has 5 nitrogen and oxygen atoms in total. The van der Waals surface area contributed by atoms with E-state index in [2.05, 4.69) is 5.10 Å². The Labute approximate surface area is 137 Å². The average Bonchev–Trinajstić information content (AvgIpc) is 2.59. The fourth-order valence-electron chi connectivity index (χ4n) is 2.43. The Morgan fingerprint density at radius 3 is 2.75 bits per heavy atom. The number of halogens is 1. The molecular formula is C18H17FN2O3. The molecule has 0 unspecified atom stereocenters. The summed E-state index contributed by atoms with van der Waals surface area (Å²) < 4.78 is 20.0. The Kier molecular flexibility index (Phi) is 4.98. The molecule has 3 rings (SSSR count). The number of benzene rings is 2. The highest BCUT2D eigenvalue weighted by atomic mass is 19.1. The first kappa shape index (κ1) is 16.3. The lowest BCUT2D eigenvalue weighted by Gasteiger charge is -2.13. The second-order valence-electron chi connectivity index (χ2n) is 5.48. The minimum Gasteiger partial charge on any atom is -0.389 e. The van der Waals surface area contributed by atoms with Crippen molar-refractivity contribution in [3.05, 3.63) is 76.5 Å².